The van der Waals surface area contributed by atoms with E-state index in [1.807, 2.05) is 12.1 Å². The SMILES string of the molecule is CC1CN(C(C)c2ccc(Cl)cc2Cl)CC1N. The summed E-state index contributed by atoms with van der Waals surface area (Å²) in [5, 5.41) is 1.41. The highest BCUT2D eigenvalue weighted by Gasteiger charge is 2.30. The van der Waals surface area contributed by atoms with Crippen LogP contribution in [0.4, 0.5) is 0 Å². The molecule has 0 bridgehead atoms. The minimum atomic E-state index is 0.267. The number of rotatable bonds is 2. The maximum absolute atomic E-state index is 6.23. The van der Waals surface area contributed by atoms with Crippen LogP contribution in [-0.4, -0.2) is 24.0 Å². The van der Waals surface area contributed by atoms with Gasteiger partial charge in [-0.25, -0.2) is 0 Å². The largest absolute Gasteiger partial charge is 0.326 e. The summed E-state index contributed by atoms with van der Waals surface area (Å²) >= 11 is 12.1. The summed E-state index contributed by atoms with van der Waals surface area (Å²) in [7, 11) is 0. The van der Waals surface area contributed by atoms with Crippen molar-refractivity contribution in [3.05, 3.63) is 33.8 Å². The second kappa shape index (κ2) is 5.15. The maximum Gasteiger partial charge on any atom is 0.0468 e. The van der Waals surface area contributed by atoms with Gasteiger partial charge in [0.05, 0.1) is 0 Å². The van der Waals surface area contributed by atoms with Gasteiger partial charge in [-0.3, -0.25) is 4.90 Å². The molecule has 94 valence electrons. The quantitative estimate of drug-likeness (QED) is 0.895. The smallest absolute Gasteiger partial charge is 0.0468 e. The molecule has 2 N–H and O–H groups in total. The molecule has 1 aliphatic heterocycles. The lowest BCUT2D eigenvalue weighted by Crippen LogP contribution is -2.29. The molecule has 2 nitrogen and oxygen atoms in total. The van der Waals surface area contributed by atoms with E-state index in [1.54, 1.807) is 6.07 Å². The van der Waals surface area contributed by atoms with Crippen molar-refractivity contribution in [1.82, 2.24) is 4.90 Å². The van der Waals surface area contributed by atoms with E-state index in [1.165, 1.54) is 0 Å². The molecule has 0 amide bonds. The first-order valence-corrected chi connectivity index (χ1v) is 6.69. The average Bonchev–Trinajstić information content (AvgIpc) is 2.58. The molecule has 1 aliphatic rings. The number of hydrogen-bond donors (Lipinski definition) is 1. The third-order valence-corrected chi connectivity index (χ3v) is 4.22. The van der Waals surface area contributed by atoms with E-state index in [-0.39, 0.29) is 12.1 Å². The Hall–Kier alpha value is -0.280. The first-order valence-electron chi connectivity index (χ1n) is 5.93. The molecule has 1 aromatic rings. The number of hydrogen-bond acceptors (Lipinski definition) is 2. The monoisotopic (exact) mass is 272 g/mol. The Labute approximate surface area is 113 Å². The van der Waals surface area contributed by atoms with Crippen LogP contribution in [0, 0.1) is 5.92 Å². The van der Waals surface area contributed by atoms with E-state index in [9.17, 15) is 0 Å². The Kier molecular flexibility index (Phi) is 3.99. The van der Waals surface area contributed by atoms with Crippen molar-refractivity contribution < 1.29 is 0 Å². The van der Waals surface area contributed by atoms with Crippen LogP contribution in [-0.2, 0) is 0 Å². The molecule has 0 radical (unpaired) electrons. The first kappa shape index (κ1) is 13.2. The predicted molar refractivity (Wildman–Crippen MR) is 73.6 cm³/mol. The second-order valence-electron chi connectivity index (χ2n) is 4.94. The summed E-state index contributed by atoms with van der Waals surface area (Å²) < 4.78 is 0. The third kappa shape index (κ3) is 2.76. The van der Waals surface area contributed by atoms with E-state index >= 15 is 0 Å². The number of halogens is 2. The zero-order chi connectivity index (χ0) is 12.6. The van der Waals surface area contributed by atoms with Gasteiger partial charge >= 0.3 is 0 Å². The molecule has 3 atom stereocenters. The molecule has 1 heterocycles. The third-order valence-electron chi connectivity index (χ3n) is 3.66. The number of benzene rings is 1. The van der Waals surface area contributed by atoms with Gasteiger partial charge < -0.3 is 5.73 Å². The van der Waals surface area contributed by atoms with Crippen molar-refractivity contribution in [2.45, 2.75) is 25.9 Å². The topological polar surface area (TPSA) is 29.3 Å². The fourth-order valence-corrected chi connectivity index (χ4v) is 2.95. The zero-order valence-corrected chi connectivity index (χ0v) is 11.7. The van der Waals surface area contributed by atoms with Crippen LogP contribution in [0.3, 0.4) is 0 Å². The van der Waals surface area contributed by atoms with E-state index in [0.717, 1.165) is 23.7 Å². The van der Waals surface area contributed by atoms with E-state index < -0.39 is 0 Å². The van der Waals surface area contributed by atoms with Gasteiger partial charge in [0.25, 0.3) is 0 Å². The lowest BCUT2D eigenvalue weighted by molar-refractivity contribution is 0.253. The summed E-state index contributed by atoms with van der Waals surface area (Å²) in [4.78, 5) is 2.38. The minimum Gasteiger partial charge on any atom is -0.326 e. The number of nitrogens with two attached hydrogens (primary N) is 1. The van der Waals surface area contributed by atoms with Crippen molar-refractivity contribution in [2.24, 2.45) is 11.7 Å². The molecule has 1 saturated heterocycles. The van der Waals surface area contributed by atoms with Crippen LogP contribution >= 0.6 is 23.2 Å². The summed E-state index contributed by atoms with van der Waals surface area (Å²) in [6, 6.07) is 6.25. The van der Waals surface area contributed by atoms with Gasteiger partial charge in [0.15, 0.2) is 0 Å². The Morgan fingerprint density at radius 1 is 1.35 bits per heavy atom. The first-order chi connectivity index (χ1) is 7.99. The molecular weight excluding hydrogens is 255 g/mol. The lowest BCUT2D eigenvalue weighted by Gasteiger charge is -2.25. The maximum atomic E-state index is 6.23. The van der Waals surface area contributed by atoms with Crippen LogP contribution in [0.25, 0.3) is 0 Å². The standard InChI is InChI=1S/C13H18Cl2N2/c1-8-6-17(7-13(8)16)9(2)11-4-3-10(14)5-12(11)15/h3-5,8-9,13H,6-7,16H2,1-2H3. The number of likely N-dealkylation sites (tertiary alicyclic amines) is 1. The van der Waals surface area contributed by atoms with Gasteiger partial charge in [0.1, 0.15) is 0 Å². The van der Waals surface area contributed by atoms with Crippen molar-refractivity contribution >= 4 is 23.2 Å². The number of nitrogens with zero attached hydrogens (tertiary/aromatic N) is 1. The second-order valence-corrected chi connectivity index (χ2v) is 5.78. The average molecular weight is 273 g/mol. The molecular formula is C13H18Cl2N2. The Balaban J connectivity index is 2.17. The Morgan fingerprint density at radius 2 is 2.06 bits per heavy atom. The summed E-state index contributed by atoms with van der Waals surface area (Å²) in [6.45, 7) is 6.32. The van der Waals surface area contributed by atoms with Crippen LogP contribution < -0.4 is 5.73 Å². The molecule has 0 aromatic heterocycles. The molecule has 2 rings (SSSR count). The molecule has 1 fully saturated rings. The summed E-state index contributed by atoms with van der Waals surface area (Å²) in [5.41, 5.74) is 7.17. The summed E-state index contributed by atoms with van der Waals surface area (Å²) in [5.74, 6) is 0.545. The normalized spacial score (nSPS) is 27.4. The van der Waals surface area contributed by atoms with Crippen molar-refractivity contribution in [3.8, 4) is 0 Å². The molecule has 0 saturated carbocycles. The van der Waals surface area contributed by atoms with Gasteiger partial charge in [0.2, 0.25) is 0 Å². The fraction of sp³-hybridized carbons (Fsp3) is 0.538. The van der Waals surface area contributed by atoms with Crippen molar-refractivity contribution in [2.75, 3.05) is 13.1 Å². The molecule has 4 heteroatoms. The molecule has 1 aromatic carbocycles. The highest BCUT2D eigenvalue weighted by molar-refractivity contribution is 6.35. The zero-order valence-electron chi connectivity index (χ0n) is 10.2. The van der Waals surface area contributed by atoms with Gasteiger partial charge in [-0.2, -0.15) is 0 Å². The van der Waals surface area contributed by atoms with Crippen LogP contribution in [0.15, 0.2) is 18.2 Å². The van der Waals surface area contributed by atoms with Crippen LogP contribution in [0.1, 0.15) is 25.5 Å². The molecule has 0 aliphatic carbocycles. The Bertz CT molecular complexity index is 398. The minimum absolute atomic E-state index is 0.267. The van der Waals surface area contributed by atoms with Gasteiger partial charge in [-0.15, -0.1) is 0 Å². The molecule has 0 spiro atoms. The van der Waals surface area contributed by atoms with E-state index in [4.69, 9.17) is 28.9 Å². The Morgan fingerprint density at radius 3 is 2.59 bits per heavy atom. The van der Waals surface area contributed by atoms with Crippen molar-refractivity contribution in [3.63, 3.8) is 0 Å². The van der Waals surface area contributed by atoms with Gasteiger partial charge in [-0.05, 0) is 30.5 Å². The van der Waals surface area contributed by atoms with Crippen LogP contribution in [0.5, 0.6) is 0 Å². The van der Waals surface area contributed by atoms with Crippen molar-refractivity contribution in [1.29, 1.82) is 0 Å². The van der Waals surface area contributed by atoms with Gasteiger partial charge in [0, 0.05) is 35.2 Å². The summed E-state index contributed by atoms with van der Waals surface area (Å²) in [6.07, 6.45) is 0. The lowest BCUT2D eigenvalue weighted by atomic mass is 10.1. The molecule has 17 heavy (non-hydrogen) atoms. The highest BCUT2D eigenvalue weighted by Crippen LogP contribution is 2.32. The van der Waals surface area contributed by atoms with E-state index in [2.05, 4.69) is 18.7 Å². The van der Waals surface area contributed by atoms with E-state index in [0.29, 0.717) is 10.9 Å². The van der Waals surface area contributed by atoms with Gasteiger partial charge in [-0.1, -0.05) is 36.2 Å². The van der Waals surface area contributed by atoms with Crippen LogP contribution in [0.2, 0.25) is 10.0 Å². The molecule has 3 unspecified atom stereocenters. The predicted octanol–water partition coefficient (Wildman–Crippen LogP) is 3.33. The highest BCUT2D eigenvalue weighted by atomic mass is 35.5. The fourth-order valence-electron chi connectivity index (χ4n) is 2.38.